The number of hydrogen-bond acceptors (Lipinski definition) is 11. The largest absolute Gasteiger partial charge is 0.484 e. The van der Waals surface area contributed by atoms with Crippen molar-refractivity contribution in [2.45, 2.75) is 24.3 Å². The molecule has 3 atom stereocenters. The summed E-state index contributed by atoms with van der Waals surface area (Å²) in [7, 11) is 3.18. The number of carbonyl (C=O) groups excluding carboxylic acids is 1. The minimum absolute atomic E-state index is 0.0329. The first kappa shape index (κ1) is 40.5. The Morgan fingerprint density at radius 2 is 1.50 bits per heavy atom. The molecule has 0 radical (unpaired) electrons. The zero-order valence-corrected chi connectivity index (χ0v) is 33.6. The Bertz CT molecular complexity index is 2290. The van der Waals surface area contributed by atoms with E-state index in [0.29, 0.717) is 30.0 Å². The zero-order valence-electron chi connectivity index (χ0n) is 31.9. The molecule has 0 bridgehead atoms. The molecular weight excluding hydrogens is 779 g/mol. The van der Waals surface area contributed by atoms with Gasteiger partial charge in [-0.2, -0.15) is 15.2 Å². The maximum atomic E-state index is 13.3. The average molecular weight is 821 g/mol. The van der Waals surface area contributed by atoms with E-state index in [9.17, 15) is 14.6 Å². The monoisotopic (exact) mass is 820 g/mol. The third kappa shape index (κ3) is 8.90. The summed E-state index contributed by atoms with van der Waals surface area (Å²) in [5, 5.41) is 11.9. The second kappa shape index (κ2) is 18.3. The van der Waals surface area contributed by atoms with E-state index in [0.717, 1.165) is 16.7 Å². The van der Waals surface area contributed by atoms with Crippen molar-refractivity contribution < 1.29 is 28.1 Å². The topological polar surface area (TPSA) is 157 Å². The lowest BCUT2D eigenvalue weighted by Gasteiger charge is -2.50. The molecule has 1 aliphatic heterocycles. The highest BCUT2D eigenvalue weighted by Gasteiger charge is 2.47. The molecule has 7 rings (SSSR count). The van der Waals surface area contributed by atoms with E-state index in [1.54, 1.807) is 37.1 Å². The second-order valence-electron chi connectivity index (χ2n) is 13.6. The highest BCUT2D eigenvalue weighted by atomic mass is 35.7. The van der Waals surface area contributed by atoms with Crippen LogP contribution in [0.1, 0.15) is 29.3 Å². The molecule has 1 fully saturated rings. The Balaban J connectivity index is 1.33. The van der Waals surface area contributed by atoms with Crippen molar-refractivity contribution in [3.63, 3.8) is 0 Å². The van der Waals surface area contributed by atoms with Crippen LogP contribution in [0.25, 0.3) is 11.2 Å². The minimum atomic E-state index is -3.67. The summed E-state index contributed by atoms with van der Waals surface area (Å²) in [6.07, 6.45) is 0.234. The molecule has 58 heavy (non-hydrogen) atoms. The van der Waals surface area contributed by atoms with Crippen molar-refractivity contribution in [3.8, 4) is 17.7 Å². The number of carbonyl (C=O) groups is 1. The van der Waals surface area contributed by atoms with Gasteiger partial charge in [-0.1, -0.05) is 109 Å². The molecule has 0 aliphatic carbocycles. The van der Waals surface area contributed by atoms with Gasteiger partial charge in [0.05, 0.1) is 37.1 Å². The van der Waals surface area contributed by atoms with E-state index in [-0.39, 0.29) is 38.1 Å². The number of aromatic nitrogens is 4. The third-order valence-electron chi connectivity index (χ3n) is 9.61. The molecule has 1 saturated heterocycles. The van der Waals surface area contributed by atoms with Gasteiger partial charge in [0.2, 0.25) is 11.8 Å². The lowest BCUT2D eigenvalue weighted by molar-refractivity contribution is -0.145. The maximum Gasteiger partial charge on any atom is 0.362 e. The first-order valence-corrected chi connectivity index (χ1v) is 21.1. The zero-order chi connectivity index (χ0) is 40.5. The highest BCUT2D eigenvalue weighted by molar-refractivity contribution is 7.83. The molecule has 3 heterocycles. The van der Waals surface area contributed by atoms with E-state index in [1.165, 1.54) is 4.67 Å². The van der Waals surface area contributed by atoms with E-state index < -0.39 is 30.7 Å². The molecule has 16 heteroatoms. The van der Waals surface area contributed by atoms with Gasteiger partial charge in [0.1, 0.15) is 18.6 Å². The van der Waals surface area contributed by atoms with Gasteiger partial charge in [-0.15, -0.1) is 0 Å². The van der Waals surface area contributed by atoms with Crippen LogP contribution >= 0.6 is 18.1 Å². The van der Waals surface area contributed by atoms with Gasteiger partial charge in [0, 0.05) is 13.1 Å². The predicted molar refractivity (Wildman–Crippen MR) is 219 cm³/mol. The summed E-state index contributed by atoms with van der Waals surface area (Å²) in [4.78, 5) is 29.3. The number of amides is 1. The van der Waals surface area contributed by atoms with Crippen LogP contribution in [0.5, 0.6) is 11.6 Å². The Labute approximate surface area is 341 Å². The molecule has 0 spiro atoms. The number of anilines is 1. The quantitative estimate of drug-likeness (QED) is 0.0594. The van der Waals surface area contributed by atoms with Crippen LogP contribution in [0.15, 0.2) is 128 Å². The Kier molecular flexibility index (Phi) is 12.8. The van der Waals surface area contributed by atoms with Crippen LogP contribution < -0.4 is 14.8 Å². The minimum Gasteiger partial charge on any atom is -0.484 e. The van der Waals surface area contributed by atoms with Crippen LogP contribution in [0.4, 0.5) is 5.95 Å². The van der Waals surface area contributed by atoms with Crippen molar-refractivity contribution in [1.29, 1.82) is 5.26 Å². The summed E-state index contributed by atoms with van der Waals surface area (Å²) in [6.45, 7) is -3.40. The van der Waals surface area contributed by atoms with E-state index in [4.69, 9.17) is 35.0 Å². The molecule has 4 aromatic carbocycles. The summed E-state index contributed by atoms with van der Waals surface area (Å²) >= 11 is 6.38. The van der Waals surface area contributed by atoms with Crippen molar-refractivity contribution in [2.24, 2.45) is 0 Å². The molecule has 0 saturated carbocycles. The van der Waals surface area contributed by atoms with Crippen LogP contribution in [0, 0.1) is 11.3 Å². The number of halogens is 1. The number of hydrogen-bond donors (Lipinski definition) is 1. The van der Waals surface area contributed by atoms with Crippen molar-refractivity contribution >= 4 is 41.1 Å². The average Bonchev–Trinajstić information content (AvgIpc) is 3.68. The van der Waals surface area contributed by atoms with Crippen LogP contribution in [0.3, 0.4) is 0 Å². The Hall–Kier alpha value is -5.65. The maximum absolute atomic E-state index is 13.3. The normalized spacial score (nSPS) is 17.0. The summed E-state index contributed by atoms with van der Waals surface area (Å²) in [5.41, 5.74) is 2.77. The fourth-order valence-electron chi connectivity index (χ4n) is 6.99. The Morgan fingerprint density at radius 1 is 0.914 bits per heavy atom. The van der Waals surface area contributed by atoms with Crippen molar-refractivity contribution in [2.75, 3.05) is 52.3 Å². The summed E-state index contributed by atoms with van der Waals surface area (Å²) in [6, 6.07) is 41.7. The standard InChI is InChI=1S/C42H42ClN8O6P/c1-49(2)58(43,53)56-28-35-26-50(42(31-16-7-3-8-17-31,32-18-9-4-10-19-32)33-20-11-5-12-21-33)27-37(57-35)51-30-45-38-39(51)47-41(48-40(38)54-25-15-24-44)46-36(52)29-55-34-22-13-6-14-23-34/h3-14,16-23,30,35,37H,15,25-29H2,1-2H3,(H,46,47,48,52). The third-order valence-corrected chi connectivity index (χ3v) is 12.2. The number of rotatable bonds is 16. The lowest BCUT2D eigenvalue weighted by atomic mass is 9.75. The van der Waals surface area contributed by atoms with Crippen molar-refractivity contribution in [3.05, 3.63) is 144 Å². The first-order chi connectivity index (χ1) is 28.2. The number of nitrogens with one attached hydrogen (secondary N) is 1. The predicted octanol–water partition coefficient (Wildman–Crippen LogP) is 7.25. The number of morpholine rings is 1. The lowest BCUT2D eigenvalue weighted by Crippen LogP contribution is -2.57. The number of ether oxygens (including phenoxy) is 3. The summed E-state index contributed by atoms with van der Waals surface area (Å²) in [5.74, 6) is 0.0435. The SMILES string of the molecule is CN(C)P(=O)(Cl)OCC1CN(C(c2ccccc2)(c2ccccc2)c2ccccc2)CC(n2cnc3c(OCCC#N)nc(NC(=O)COc4ccccc4)nc32)O1. The second-order valence-corrected chi connectivity index (χ2v) is 16.8. The van der Waals surface area contributed by atoms with Gasteiger partial charge >= 0.3 is 6.87 Å². The number of para-hydroxylation sites is 1. The van der Waals surface area contributed by atoms with Gasteiger partial charge in [-0.05, 0) is 54.2 Å². The molecule has 6 aromatic rings. The fraction of sp³-hybridized carbons (Fsp3) is 0.262. The van der Waals surface area contributed by atoms with Gasteiger partial charge in [0.15, 0.2) is 17.8 Å². The molecular formula is C42H42ClN8O6P. The molecule has 298 valence electrons. The number of fused-ring (bicyclic) bond motifs is 1. The van der Waals surface area contributed by atoms with E-state index >= 15 is 0 Å². The van der Waals surface area contributed by atoms with Crippen LogP contribution in [-0.4, -0.2) is 88.1 Å². The Morgan fingerprint density at radius 3 is 2.07 bits per heavy atom. The fourth-order valence-corrected chi connectivity index (χ4v) is 7.74. The van der Waals surface area contributed by atoms with Gasteiger partial charge in [0.25, 0.3) is 5.91 Å². The van der Waals surface area contributed by atoms with Gasteiger partial charge < -0.3 is 18.7 Å². The number of imidazole rings is 1. The van der Waals surface area contributed by atoms with Crippen LogP contribution in [0.2, 0.25) is 0 Å². The molecule has 14 nitrogen and oxygen atoms in total. The van der Waals surface area contributed by atoms with Gasteiger partial charge in [-0.25, -0.2) is 9.65 Å². The molecule has 3 unspecified atom stereocenters. The van der Waals surface area contributed by atoms with E-state index in [2.05, 4.69) is 62.7 Å². The molecule has 1 N–H and O–H groups in total. The molecule has 2 aromatic heterocycles. The van der Waals surface area contributed by atoms with Crippen molar-refractivity contribution in [1.82, 2.24) is 29.1 Å². The first-order valence-electron chi connectivity index (χ1n) is 18.6. The van der Waals surface area contributed by atoms with Gasteiger partial charge in [-0.3, -0.25) is 24.1 Å². The number of benzene rings is 4. The smallest absolute Gasteiger partial charge is 0.362 e. The van der Waals surface area contributed by atoms with Crippen LogP contribution in [-0.2, 0) is 24.2 Å². The highest BCUT2D eigenvalue weighted by Crippen LogP contribution is 2.54. The molecule has 1 aliphatic rings. The number of nitrogens with zero attached hydrogens (tertiary/aromatic N) is 7. The summed E-state index contributed by atoms with van der Waals surface area (Å²) < 4.78 is 40.6. The molecule has 1 amide bonds. The number of nitriles is 1. The van der Waals surface area contributed by atoms with E-state index in [1.807, 2.05) is 72.8 Å².